The van der Waals surface area contributed by atoms with Crippen LogP contribution in [0.4, 0.5) is 0 Å². The number of piperidine rings is 2. The number of carbonyl (C=O) groups is 1. The first-order chi connectivity index (χ1) is 12.7. The number of nitrogens with zero attached hydrogens (tertiary/aromatic N) is 2. The van der Waals surface area contributed by atoms with E-state index in [-0.39, 0.29) is 12.0 Å². The highest BCUT2D eigenvalue weighted by atomic mass is 16.3. The molecule has 3 aliphatic rings. The van der Waals surface area contributed by atoms with Gasteiger partial charge in [-0.3, -0.25) is 4.79 Å². The molecule has 0 bridgehead atoms. The van der Waals surface area contributed by atoms with Gasteiger partial charge in [-0.05, 0) is 62.3 Å². The first-order valence-electron chi connectivity index (χ1n) is 10.2. The van der Waals surface area contributed by atoms with Crippen LogP contribution in [0.2, 0.25) is 0 Å². The van der Waals surface area contributed by atoms with Gasteiger partial charge in [-0.15, -0.1) is 0 Å². The van der Waals surface area contributed by atoms with Crippen LogP contribution in [0.3, 0.4) is 0 Å². The number of aliphatic hydroxyl groups excluding tert-OH is 1. The lowest BCUT2D eigenvalue weighted by molar-refractivity contribution is 0.0357. The SMILES string of the molecule is O=C(c1ccc([C@@H]2CCNC2)cc1)N1CCC(N2CCC(O)CC2)CC1. The van der Waals surface area contributed by atoms with Gasteiger partial charge in [0, 0.05) is 44.3 Å². The molecule has 0 saturated carbocycles. The minimum atomic E-state index is -0.115. The number of likely N-dealkylation sites (tertiary alicyclic amines) is 2. The molecule has 4 rings (SSSR count). The Balaban J connectivity index is 1.30. The van der Waals surface area contributed by atoms with Gasteiger partial charge in [0.15, 0.2) is 0 Å². The van der Waals surface area contributed by atoms with Crippen molar-refractivity contribution >= 4 is 5.91 Å². The van der Waals surface area contributed by atoms with Crippen molar-refractivity contribution in [1.82, 2.24) is 15.1 Å². The van der Waals surface area contributed by atoms with Crippen molar-refractivity contribution in [3.8, 4) is 0 Å². The number of amides is 1. The molecule has 0 aliphatic carbocycles. The zero-order valence-electron chi connectivity index (χ0n) is 15.6. The topological polar surface area (TPSA) is 55.8 Å². The quantitative estimate of drug-likeness (QED) is 0.867. The van der Waals surface area contributed by atoms with Crippen LogP contribution in [0, 0.1) is 0 Å². The number of hydrogen-bond donors (Lipinski definition) is 2. The van der Waals surface area contributed by atoms with Gasteiger partial charge in [-0.1, -0.05) is 12.1 Å². The third kappa shape index (κ3) is 3.95. The summed E-state index contributed by atoms with van der Waals surface area (Å²) in [5.74, 6) is 0.770. The van der Waals surface area contributed by atoms with Crippen LogP contribution in [-0.2, 0) is 0 Å². The first-order valence-corrected chi connectivity index (χ1v) is 10.2. The molecule has 142 valence electrons. The maximum atomic E-state index is 12.8. The Kier molecular flexibility index (Phi) is 5.57. The van der Waals surface area contributed by atoms with E-state index in [4.69, 9.17) is 0 Å². The molecule has 5 nitrogen and oxygen atoms in total. The van der Waals surface area contributed by atoms with E-state index in [1.54, 1.807) is 0 Å². The molecule has 1 amide bonds. The highest BCUT2D eigenvalue weighted by molar-refractivity contribution is 5.94. The van der Waals surface area contributed by atoms with Crippen molar-refractivity contribution < 1.29 is 9.90 Å². The molecular weight excluding hydrogens is 326 g/mol. The average Bonchev–Trinajstić information content (AvgIpc) is 3.23. The zero-order valence-corrected chi connectivity index (χ0v) is 15.6. The molecule has 3 heterocycles. The number of rotatable bonds is 3. The number of nitrogens with one attached hydrogen (secondary N) is 1. The molecule has 3 fully saturated rings. The summed E-state index contributed by atoms with van der Waals surface area (Å²) < 4.78 is 0. The van der Waals surface area contributed by atoms with E-state index in [9.17, 15) is 9.90 Å². The molecule has 0 radical (unpaired) electrons. The molecule has 1 aromatic carbocycles. The Morgan fingerprint density at radius 3 is 2.27 bits per heavy atom. The van der Waals surface area contributed by atoms with Gasteiger partial charge in [0.25, 0.3) is 5.91 Å². The molecule has 3 aliphatic heterocycles. The van der Waals surface area contributed by atoms with E-state index < -0.39 is 0 Å². The second kappa shape index (κ2) is 8.07. The Morgan fingerprint density at radius 1 is 0.962 bits per heavy atom. The minimum Gasteiger partial charge on any atom is -0.393 e. The summed E-state index contributed by atoms with van der Waals surface area (Å²) in [5, 5.41) is 13.1. The van der Waals surface area contributed by atoms with Crippen LogP contribution in [0.1, 0.15) is 53.9 Å². The highest BCUT2D eigenvalue weighted by Crippen LogP contribution is 2.24. The summed E-state index contributed by atoms with van der Waals surface area (Å²) in [6, 6.07) is 8.86. The van der Waals surface area contributed by atoms with E-state index in [1.165, 1.54) is 12.0 Å². The predicted octanol–water partition coefficient (Wildman–Crippen LogP) is 1.82. The van der Waals surface area contributed by atoms with E-state index >= 15 is 0 Å². The Labute approximate surface area is 156 Å². The van der Waals surface area contributed by atoms with Gasteiger partial charge in [0.05, 0.1) is 6.10 Å². The van der Waals surface area contributed by atoms with Crippen molar-refractivity contribution in [2.75, 3.05) is 39.3 Å². The molecule has 1 aromatic rings. The summed E-state index contributed by atoms with van der Waals surface area (Å²) in [7, 11) is 0. The van der Waals surface area contributed by atoms with Crippen molar-refractivity contribution in [1.29, 1.82) is 0 Å². The standard InChI is InChI=1S/C21H31N3O2/c25-20-8-13-23(14-9-20)19-6-11-24(12-7-19)21(26)17-3-1-16(2-4-17)18-5-10-22-15-18/h1-4,18-20,22,25H,5-15H2/t18-/m1/s1. The number of hydrogen-bond acceptors (Lipinski definition) is 4. The maximum absolute atomic E-state index is 12.8. The van der Waals surface area contributed by atoms with Crippen LogP contribution >= 0.6 is 0 Å². The summed E-state index contributed by atoms with van der Waals surface area (Å²) in [6.07, 6.45) is 4.95. The molecule has 0 unspecified atom stereocenters. The highest BCUT2D eigenvalue weighted by Gasteiger charge is 2.29. The van der Waals surface area contributed by atoms with E-state index in [0.717, 1.165) is 70.5 Å². The number of benzene rings is 1. The minimum absolute atomic E-state index is 0.115. The number of aliphatic hydroxyl groups is 1. The van der Waals surface area contributed by atoms with Crippen LogP contribution < -0.4 is 5.32 Å². The van der Waals surface area contributed by atoms with Gasteiger partial charge in [-0.2, -0.15) is 0 Å². The predicted molar refractivity (Wildman–Crippen MR) is 102 cm³/mol. The lowest BCUT2D eigenvalue weighted by Crippen LogP contribution is -2.49. The Bertz CT molecular complexity index is 596. The van der Waals surface area contributed by atoms with Gasteiger partial charge in [0.2, 0.25) is 0 Å². The normalized spacial score (nSPS) is 26.3. The van der Waals surface area contributed by atoms with Crippen molar-refractivity contribution in [2.24, 2.45) is 0 Å². The van der Waals surface area contributed by atoms with E-state index in [2.05, 4.69) is 22.3 Å². The van der Waals surface area contributed by atoms with Crippen LogP contribution in [0.5, 0.6) is 0 Å². The van der Waals surface area contributed by atoms with Crippen LogP contribution in [0.25, 0.3) is 0 Å². The van der Waals surface area contributed by atoms with Gasteiger partial charge >= 0.3 is 0 Å². The smallest absolute Gasteiger partial charge is 0.253 e. The molecule has 3 saturated heterocycles. The molecule has 0 spiro atoms. The Hall–Kier alpha value is -1.43. The molecule has 5 heteroatoms. The van der Waals surface area contributed by atoms with Gasteiger partial charge < -0.3 is 20.2 Å². The lowest BCUT2D eigenvalue weighted by Gasteiger charge is -2.41. The third-order valence-corrected chi connectivity index (χ3v) is 6.46. The van der Waals surface area contributed by atoms with Crippen molar-refractivity contribution in [2.45, 2.75) is 50.2 Å². The fourth-order valence-corrected chi connectivity index (χ4v) is 4.70. The largest absolute Gasteiger partial charge is 0.393 e. The monoisotopic (exact) mass is 357 g/mol. The van der Waals surface area contributed by atoms with Gasteiger partial charge in [-0.25, -0.2) is 0 Å². The van der Waals surface area contributed by atoms with E-state index in [0.29, 0.717) is 12.0 Å². The lowest BCUT2D eigenvalue weighted by atomic mass is 9.96. The number of carbonyl (C=O) groups excluding carboxylic acids is 1. The molecular formula is C21H31N3O2. The summed E-state index contributed by atoms with van der Waals surface area (Å²) in [4.78, 5) is 17.4. The molecule has 1 atom stereocenters. The second-order valence-electron chi connectivity index (χ2n) is 8.10. The van der Waals surface area contributed by atoms with E-state index in [1.807, 2.05) is 17.0 Å². The maximum Gasteiger partial charge on any atom is 0.253 e. The zero-order chi connectivity index (χ0) is 17.9. The van der Waals surface area contributed by atoms with Crippen molar-refractivity contribution in [3.63, 3.8) is 0 Å². The summed E-state index contributed by atoms with van der Waals surface area (Å²) >= 11 is 0. The summed E-state index contributed by atoms with van der Waals surface area (Å²) in [6.45, 7) is 5.83. The molecule has 2 N–H and O–H groups in total. The fraction of sp³-hybridized carbons (Fsp3) is 0.667. The van der Waals surface area contributed by atoms with Crippen LogP contribution in [-0.4, -0.2) is 72.2 Å². The second-order valence-corrected chi connectivity index (χ2v) is 8.10. The first kappa shape index (κ1) is 18.0. The molecule has 0 aromatic heterocycles. The average molecular weight is 357 g/mol. The molecule has 26 heavy (non-hydrogen) atoms. The summed E-state index contributed by atoms with van der Waals surface area (Å²) in [5.41, 5.74) is 2.16. The van der Waals surface area contributed by atoms with Crippen molar-refractivity contribution in [3.05, 3.63) is 35.4 Å². The fourth-order valence-electron chi connectivity index (χ4n) is 4.70. The van der Waals surface area contributed by atoms with Crippen LogP contribution in [0.15, 0.2) is 24.3 Å². The third-order valence-electron chi connectivity index (χ3n) is 6.46. The Morgan fingerprint density at radius 2 is 1.65 bits per heavy atom. The van der Waals surface area contributed by atoms with Gasteiger partial charge in [0.1, 0.15) is 0 Å².